The molecule has 0 saturated heterocycles. The third kappa shape index (κ3) is 4.24. The van der Waals surface area contributed by atoms with Crippen molar-refractivity contribution in [1.29, 1.82) is 0 Å². The Bertz CT molecular complexity index is 484. The molecule has 0 bridgehead atoms. The summed E-state index contributed by atoms with van der Waals surface area (Å²) >= 11 is 0. The molecule has 0 spiro atoms. The van der Waals surface area contributed by atoms with E-state index in [2.05, 4.69) is 13.8 Å². The van der Waals surface area contributed by atoms with E-state index < -0.39 is 16.6 Å². The fourth-order valence-corrected chi connectivity index (χ4v) is 1.86. The van der Waals surface area contributed by atoms with Gasteiger partial charge in [-0.05, 0) is 31.4 Å². The summed E-state index contributed by atoms with van der Waals surface area (Å²) in [6.07, 6.45) is 0.726. The number of nitrogens with zero attached hydrogens (tertiary/aromatic N) is 1. The largest absolute Gasteiger partial charge is 0.490 e. The highest BCUT2D eigenvalue weighted by atomic mass is 16.6. The van der Waals surface area contributed by atoms with Crippen LogP contribution in [0.25, 0.3) is 0 Å². The van der Waals surface area contributed by atoms with Gasteiger partial charge in [-0.3, -0.25) is 10.1 Å². The van der Waals surface area contributed by atoms with E-state index in [1.807, 2.05) is 6.92 Å². The number of carboxylic acid groups (broad SMARTS) is 1. The summed E-state index contributed by atoms with van der Waals surface area (Å²) in [6.45, 7) is 5.97. The molecule has 0 aliphatic rings. The van der Waals surface area contributed by atoms with Gasteiger partial charge in [0.15, 0.2) is 0 Å². The molecule has 6 nitrogen and oxygen atoms in total. The molecule has 1 unspecified atom stereocenters. The molecule has 0 radical (unpaired) electrons. The van der Waals surface area contributed by atoms with Gasteiger partial charge in [0.1, 0.15) is 11.3 Å². The van der Waals surface area contributed by atoms with Crippen molar-refractivity contribution in [2.24, 2.45) is 5.92 Å². The van der Waals surface area contributed by atoms with Crippen LogP contribution in [-0.4, -0.2) is 22.1 Å². The summed E-state index contributed by atoms with van der Waals surface area (Å²) in [7, 11) is 0. The zero-order valence-corrected chi connectivity index (χ0v) is 11.1. The number of carbonyl (C=O) groups is 1. The highest BCUT2D eigenvalue weighted by molar-refractivity contribution is 5.92. The van der Waals surface area contributed by atoms with E-state index in [0.29, 0.717) is 11.7 Å². The summed E-state index contributed by atoms with van der Waals surface area (Å²) in [5, 5.41) is 19.7. The van der Waals surface area contributed by atoms with Crippen molar-refractivity contribution < 1.29 is 19.6 Å². The molecule has 0 aromatic heterocycles. The zero-order chi connectivity index (χ0) is 14.6. The van der Waals surface area contributed by atoms with Gasteiger partial charge in [-0.2, -0.15) is 0 Å². The highest BCUT2D eigenvalue weighted by Gasteiger charge is 2.21. The predicted octanol–water partition coefficient (Wildman–Crippen LogP) is 3.11. The van der Waals surface area contributed by atoms with E-state index in [1.54, 1.807) is 0 Å². The lowest BCUT2D eigenvalue weighted by molar-refractivity contribution is -0.385. The normalized spacial score (nSPS) is 12.2. The van der Waals surface area contributed by atoms with Crippen molar-refractivity contribution in [1.82, 2.24) is 0 Å². The molecule has 1 aromatic rings. The van der Waals surface area contributed by atoms with Crippen molar-refractivity contribution in [3.63, 3.8) is 0 Å². The number of hydrogen-bond donors (Lipinski definition) is 1. The van der Waals surface area contributed by atoms with Gasteiger partial charge in [0.05, 0.1) is 17.1 Å². The summed E-state index contributed by atoms with van der Waals surface area (Å²) in [5.41, 5.74) is -0.796. The number of hydrogen-bond acceptors (Lipinski definition) is 4. The van der Waals surface area contributed by atoms with Crippen molar-refractivity contribution in [2.45, 2.75) is 33.3 Å². The van der Waals surface area contributed by atoms with Crippen LogP contribution in [0.2, 0.25) is 0 Å². The van der Waals surface area contributed by atoms with E-state index in [9.17, 15) is 14.9 Å². The third-order valence-electron chi connectivity index (χ3n) is 2.54. The standard InChI is InChI=1S/C13H17NO5/c1-8(2)6-9(3)19-10-4-5-11(13(15)16)12(7-10)14(17)18/h4-5,7-9H,6H2,1-3H3,(H,15,16). The molecule has 0 aliphatic carbocycles. The van der Waals surface area contributed by atoms with E-state index in [0.717, 1.165) is 12.5 Å². The van der Waals surface area contributed by atoms with Crippen LogP contribution in [0.4, 0.5) is 5.69 Å². The van der Waals surface area contributed by atoms with Gasteiger partial charge in [0.2, 0.25) is 0 Å². The van der Waals surface area contributed by atoms with Crippen LogP contribution in [-0.2, 0) is 0 Å². The van der Waals surface area contributed by atoms with E-state index in [-0.39, 0.29) is 11.7 Å². The maximum absolute atomic E-state index is 10.9. The number of nitro groups is 1. The Balaban J connectivity index is 2.96. The van der Waals surface area contributed by atoms with Crippen molar-refractivity contribution in [3.8, 4) is 5.75 Å². The van der Waals surface area contributed by atoms with Crippen LogP contribution in [0.5, 0.6) is 5.75 Å². The lowest BCUT2D eigenvalue weighted by atomic mass is 10.1. The molecule has 1 aromatic carbocycles. The van der Waals surface area contributed by atoms with Gasteiger partial charge in [-0.15, -0.1) is 0 Å². The van der Waals surface area contributed by atoms with Crippen molar-refractivity contribution in [2.75, 3.05) is 0 Å². The number of ether oxygens (including phenoxy) is 1. The minimum atomic E-state index is -1.33. The quantitative estimate of drug-likeness (QED) is 0.631. The Labute approximate surface area is 111 Å². The summed E-state index contributed by atoms with van der Waals surface area (Å²) in [4.78, 5) is 21.0. The average Bonchev–Trinajstić information content (AvgIpc) is 2.27. The lowest BCUT2D eigenvalue weighted by Crippen LogP contribution is -2.14. The lowest BCUT2D eigenvalue weighted by Gasteiger charge is -2.16. The topological polar surface area (TPSA) is 89.7 Å². The molecule has 19 heavy (non-hydrogen) atoms. The van der Waals surface area contributed by atoms with E-state index in [1.165, 1.54) is 12.1 Å². The molecule has 0 aliphatic heterocycles. The van der Waals surface area contributed by atoms with Crippen LogP contribution >= 0.6 is 0 Å². The van der Waals surface area contributed by atoms with Crippen LogP contribution < -0.4 is 4.74 Å². The predicted molar refractivity (Wildman–Crippen MR) is 69.6 cm³/mol. The Morgan fingerprint density at radius 1 is 1.42 bits per heavy atom. The monoisotopic (exact) mass is 267 g/mol. The molecule has 1 rings (SSSR count). The summed E-state index contributed by atoms with van der Waals surface area (Å²) < 4.78 is 5.55. The number of aromatic carboxylic acids is 1. The Hall–Kier alpha value is -2.11. The second-order valence-electron chi connectivity index (χ2n) is 4.80. The Kier molecular flexibility index (Phi) is 4.86. The van der Waals surface area contributed by atoms with Crippen molar-refractivity contribution >= 4 is 11.7 Å². The number of benzene rings is 1. The van der Waals surface area contributed by atoms with Crippen LogP contribution in [0, 0.1) is 16.0 Å². The molecule has 0 fully saturated rings. The first kappa shape index (κ1) is 14.9. The first-order chi connectivity index (χ1) is 8.81. The van der Waals surface area contributed by atoms with Gasteiger partial charge in [0.25, 0.3) is 5.69 Å². The Morgan fingerprint density at radius 2 is 2.05 bits per heavy atom. The first-order valence-corrected chi connectivity index (χ1v) is 5.99. The van der Waals surface area contributed by atoms with Crippen LogP contribution in [0.15, 0.2) is 18.2 Å². The van der Waals surface area contributed by atoms with Crippen LogP contribution in [0.1, 0.15) is 37.6 Å². The maximum Gasteiger partial charge on any atom is 0.342 e. The molecular formula is C13H17NO5. The van der Waals surface area contributed by atoms with Crippen molar-refractivity contribution in [3.05, 3.63) is 33.9 Å². The van der Waals surface area contributed by atoms with Gasteiger partial charge in [-0.1, -0.05) is 13.8 Å². The first-order valence-electron chi connectivity index (χ1n) is 5.99. The second-order valence-corrected chi connectivity index (χ2v) is 4.80. The number of carboxylic acids is 1. The number of nitro benzene ring substituents is 1. The highest BCUT2D eigenvalue weighted by Crippen LogP contribution is 2.26. The molecule has 104 valence electrons. The molecule has 6 heteroatoms. The molecule has 0 amide bonds. The average molecular weight is 267 g/mol. The molecule has 0 saturated carbocycles. The Morgan fingerprint density at radius 3 is 2.53 bits per heavy atom. The van der Waals surface area contributed by atoms with E-state index >= 15 is 0 Å². The fourth-order valence-electron chi connectivity index (χ4n) is 1.86. The summed E-state index contributed by atoms with van der Waals surface area (Å²) in [5.74, 6) is -0.568. The van der Waals surface area contributed by atoms with E-state index in [4.69, 9.17) is 9.84 Å². The smallest absolute Gasteiger partial charge is 0.342 e. The minimum absolute atomic E-state index is 0.0877. The van der Waals surface area contributed by atoms with Gasteiger partial charge >= 0.3 is 5.97 Å². The SMILES string of the molecule is CC(C)CC(C)Oc1ccc(C(=O)O)c([N+](=O)[O-])c1. The molecular weight excluding hydrogens is 250 g/mol. The zero-order valence-electron chi connectivity index (χ0n) is 11.1. The van der Waals surface area contributed by atoms with Gasteiger partial charge < -0.3 is 9.84 Å². The maximum atomic E-state index is 10.9. The van der Waals surface area contributed by atoms with Gasteiger partial charge in [0, 0.05) is 0 Å². The molecule has 1 N–H and O–H groups in total. The second kappa shape index (κ2) is 6.17. The van der Waals surface area contributed by atoms with Gasteiger partial charge in [-0.25, -0.2) is 4.79 Å². The third-order valence-corrected chi connectivity index (χ3v) is 2.54. The van der Waals surface area contributed by atoms with Crippen LogP contribution in [0.3, 0.4) is 0 Å². The molecule has 1 atom stereocenters. The minimum Gasteiger partial charge on any atom is -0.490 e. The fraction of sp³-hybridized carbons (Fsp3) is 0.462. The molecule has 0 heterocycles. The number of rotatable bonds is 6. The summed E-state index contributed by atoms with van der Waals surface area (Å²) in [6, 6.07) is 3.78.